The van der Waals surface area contributed by atoms with E-state index in [1.54, 1.807) is 13.4 Å². The van der Waals surface area contributed by atoms with Crippen molar-refractivity contribution in [3.8, 4) is 11.1 Å². The van der Waals surface area contributed by atoms with Gasteiger partial charge in [0.05, 0.1) is 6.61 Å². The zero-order valence-electron chi connectivity index (χ0n) is 17.7. The molecule has 1 atom stereocenters. The van der Waals surface area contributed by atoms with E-state index in [-0.39, 0.29) is 0 Å². The summed E-state index contributed by atoms with van der Waals surface area (Å²) in [5.74, 6) is 1.25. The van der Waals surface area contributed by atoms with Gasteiger partial charge in [-0.05, 0) is 44.0 Å². The fraction of sp³-hybridized carbons (Fsp3) is 0.435. The predicted molar refractivity (Wildman–Crippen MR) is 115 cm³/mol. The third kappa shape index (κ3) is 5.23. The first-order chi connectivity index (χ1) is 14.7. The Morgan fingerprint density at radius 1 is 1.07 bits per heavy atom. The van der Waals surface area contributed by atoms with E-state index < -0.39 is 0 Å². The van der Waals surface area contributed by atoms with Crippen molar-refractivity contribution < 1.29 is 4.74 Å². The van der Waals surface area contributed by atoms with Crippen LogP contribution in [0.1, 0.15) is 41.5 Å². The SMILES string of the molecule is COCCc1ncc(CN2CCC[C@H](c3cc(-c4cncnc4)cc(C)n3)C2)cn1. The van der Waals surface area contributed by atoms with Crippen molar-refractivity contribution >= 4 is 0 Å². The first-order valence-electron chi connectivity index (χ1n) is 10.5. The predicted octanol–water partition coefficient (Wildman–Crippen LogP) is 3.21. The van der Waals surface area contributed by atoms with E-state index in [2.05, 4.69) is 43.9 Å². The highest BCUT2D eigenvalue weighted by Gasteiger charge is 2.23. The lowest BCUT2D eigenvalue weighted by Gasteiger charge is -2.32. The molecule has 0 radical (unpaired) electrons. The van der Waals surface area contributed by atoms with E-state index >= 15 is 0 Å². The van der Waals surface area contributed by atoms with E-state index in [1.807, 2.05) is 24.8 Å². The van der Waals surface area contributed by atoms with Crippen LogP contribution >= 0.6 is 0 Å². The summed E-state index contributed by atoms with van der Waals surface area (Å²) in [7, 11) is 1.70. The fourth-order valence-corrected chi connectivity index (χ4v) is 4.00. The van der Waals surface area contributed by atoms with Crippen LogP contribution in [0.25, 0.3) is 11.1 Å². The Kier molecular flexibility index (Phi) is 6.71. The molecule has 0 aromatic carbocycles. The second-order valence-corrected chi connectivity index (χ2v) is 7.87. The standard InChI is InChI=1S/C23H28N6O/c1-17-8-20(21-12-24-16-25-13-21)9-22(28-17)19-4-3-6-29(15-19)14-18-10-26-23(27-11-18)5-7-30-2/h8-13,16,19H,3-7,14-15H2,1-2H3/t19-/m0/s1. The van der Waals surface area contributed by atoms with Crippen LogP contribution in [-0.4, -0.2) is 56.6 Å². The van der Waals surface area contributed by atoms with E-state index in [0.29, 0.717) is 12.5 Å². The van der Waals surface area contributed by atoms with Crippen LogP contribution in [0.2, 0.25) is 0 Å². The fourth-order valence-electron chi connectivity index (χ4n) is 4.00. The largest absolute Gasteiger partial charge is 0.384 e. The maximum atomic E-state index is 5.10. The van der Waals surface area contributed by atoms with Crippen LogP contribution in [0.15, 0.2) is 43.2 Å². The average Bonchev–Trinajstić information content (AvgIpc) is 2.79. The van der Waals surface area contributed by atoms with E-state index in [1.165, 1.54) is 0 Å². The number of aryl methyl sites for hydroxylation is 1. The number of methoxy groups -OCH3 is 1. The van der Waals surface area contributed by atoms with Gasteiger partial charge in [-0.3, -0.25) is 9.88 Å². The number of piperidine rings is 1. The molecule has 156 valence electrons. The second-order valence-electron chi connectivity index (χ2n) is 7.87. The topological polar surface area (TPSA) is 76.9 Å². The molecule has 7 nitrogen and oxygen atoms in total. The molecule has 4 heterocycles. The van der Waals surface area contributed by atoms with Crippen molar-refractivity contribution in [3.63, 3.8) is 0 Å². The lowest BCUT2D eigenvalue weighted by atomic mass is 9.92. The molecule has 3 aromatic heterocycles. The van der Waals surface area contributed by atoms with Crippen molar-refractivity contribution in [2.24, 2.45) is 0 Å². The van der Waals surface area contributed by atoms with Gasteiger partial charge in [0.2, 0.25) is 0 Å². The Bertz CT molecular complexity index is 948. The summed E-state index contributed by atoms with van der Waals surface area (Å²) in [6, 6.07) is 4.30. The number of hydrogen-bond acceptors (Lipinski definition) is 7. The number of hydrogen-bond donors (Lipinski definition) is 0. The van der Waals surface area contributed by atoms with Crippen molar-refractivity contribution in [2.75, 3.05) is 26.8 Å². The molecule has 1 aliphatic heterocycles. The van der Waals surface area contributed by atoms with Gasteiger partial charge in [0.1, 0.15) is 12.2 Å². The zero-order valence-corrected chi connectivity index (χ0v) is 17.7. The normalized spacial score (nSPS) is 17.2. The van der Waals surface area contributed by atoms with Gasteiger partial charge in [-0.2, -0.15) is 0 Å². The van der Waals surface area contributed by atoms with Crippen LogP contribution < -0.4 is 0 Å². The van der Waals surface area contributed by atoms with Gasteiger partial charge in [0.15, 0.2) is 0 Å². The smallest absolute Gasteiger partial charge is 0.130 e. The maximum Gasteiger partial charge on any atom is 0.130 e. The summed E-state index contributed by atoms with van der Waals surface area (Å²) in [4.78, 5) is 24.6. The molecule has 0 spiro atoms. The van der Waals surface area contributed by atoms with E-state index in [0.717, 1.165) is 72.8 Å². The number of likely N-dealkylation sites (tertiary alicyclic amines) is 1. The summed E-state index contributed by atoms with van der Waals surface area (Å²) in [5.41, 5.74) is 5.50. The maximum absolute atomic E-state index is 5.10. The Labute approximate surface area is 177 Å². The quantitative estimate of drug-likeness (QED) is 0.598. The first kappa shape index (κ1) is 20.5. The molecule has 0 N–H and O–H groups in total. The molecule has 30 heavy (non-hydrogen) atoms. The number of ether oxygens (including phenoxy) is 1. The van der Waals surface area contributed by atoms with Crippen molar-refractivity contribution in [2.45, 2.75) is 38.6 Å². The van der Waals surface area contributed by atoms with Crippen LogP contribution in [0.5, 0.6) is 0 Å². The summed E-state index contributed by atoms with van der Waals surface area (Å²) in [6.07, 6.45) is 12.2. The molecule has 0 saturated carbocycles. The minimum absolute atomic E-state index is 0.420. The van der Waals surface area contributed by atoms with Gasteiger partial charge in [-0.15, -0.1) is 0 Å². The minimum Gasteiger partial charge on any atom is -0.384 e. The molecule has 0 unspecified atom stereocenters. The molecule has 1 fully saturated rings. The molecule has 0 aliphatic carbocycles. The highest BCUT2D eigenvalue weighted by atomic mass is 16.5. The third-order valence-corrected chi connectivity index (χ3v) is 5.49. The third-order valence-electron chi connectivity index (χ3n) is 5.49. The van der Waals surface area contributed by atoms with Crippen LogP contribution in [0.3, 0.4) is 0 Å². The van der Waals surface area contributed by atoms with Gasteiger partial charge < -0.3 is 4.74 Å². The molecular formula is C23H28N6O. The molecule has 0 amide bonds. The van der Waals surface area contributed by atoms with Gasteiger partial charge in [-0.1, -0.05) is 0 Å². The highest BCUT2D eigenvalue weighted by Crippen LogP contribution is 2.29. The molecule has 7 heteroatoms. The average molecular weight is 405 g/mol. The number of nitrogens with zero attached hydrogens (tertiary/aromatic N) is 6. The van der Waals surface area contributed by atoms with Gasteiger partial charge in [0, 0.05) is 79.8 Å². The summed E-state index contributed by atoms with van der Waals surface area (Å²) >= 11 is 0. The van der Waals surface area contributed by atoms with Crippen LogP contribution in [0.4, 0.5) is 0 Å². The summed E-state index contributed by atoms with van der Waals surface area (Å²) < 4.78 is 5.10. The van der Waals surface area contributed by atoms with Crippen LogP contribution in [0, 0.1) is 6.92 Å². The number of pyridine rings is 1. The monoisotopic (exact) mass is 404 g/mol. The van der Waals surface area contributed by atoms with Crippen LogP contribution in [-0.2, 0) is 17.7 Å². The Morgan fingerprint density at radius 3 is 2.63 bits per heavy atom. The molecule has 3 aromatic rings. The first-order valence-corrected chi connectivity index (χ1v) is 10.5. The lowest BCUT2D eigenvalue weighted by molar-refractivity contribution is 0.197. The number of rotatable bonds is 7. The van der Waals surface area contributed by atoms with Crippen molar-refractivity contribution in [1.82, 2.24) is 29.8 Å². The van der Waals surface area contributed by atoms with Gasteiger partial charge in [0.25, 0.3) is 0 Å². The Hall–Kier alpha value is -2.77. The van der Waals surface area contributed by atoms with Crippen molar-refractivity contribution in [1.29, 1.82) is 0 Å². The summed E-state index contributed by atoms with van der Waals surface area (Å²) in [6.45, 7) is 5.65. The number of aromatic nitrogens is 5. The molecule has 0 bridgehead atoms. The zero-order chi connectivity index (χ0) is 20.8. The summed E-state index contributed by atoms with van der Waals surface area (Å²) in [5, 5.41) is 0. The van der Waals surface area contributed by atoms with Gasteiger partial charge in [-0.25, -0.2) is 19.9 Å². The Balaban J connectivity index is 1.44. The molecular weight excluding hydrogens is 376 g/mol. The molecule has 1 aliphatic rings. The van der Waals surface area contributed by atoms with E-state index in [9.17, 15) is 0 Å². The lowest BCUT2D eigenvalue weighted by Crippen LogP contribution is -2.34. The minimum atomic E-state index is 0.420. The molecule has 1 saturated heterocycles. The van der Waals surface area contributed by atoms with E-state index in [4.69, 9.17) is 9.72 Å². The van der Waals surface area contributed by atoms with Crippen molar-refractivity contribution in [3.05, 3.63) is 66.0 Å². The second kappa shape index (κ2) is 9.82. The highest BCUT2D eigenvalue weighted by molar-refractivity contribution is 5.62. The van der Waals surface area contributed by atoms with Gasteiger partial charge >= 0.3 is 0 Å². The molecule has 4 rings (SSSR count). The Morgan fingerprint density at radius 2 is 1.87 bits per heavy atom.